The van der Waals surface area contributed by atoms with Gasteiger partial charge in [-0.2, -0.15) is 9.61 Å². The normalized spacial score (nSPS) is 11.4. The summed E-state index contributed by atoms with van der Waals surface area (Å²) in [6.45, 7) is 7.70. The highest BCUT2D eigenvalue weighted by atomic mass is 35.5. The molecule has 0 radical (unpaired) electrons. The van der Waals surface area contributed by atoms with Crippen LogP contribution in [0.2, 0.25) is 5.15 Å². The third-order valence-electron chi connectivity index (χ3n) is 4.81. The largest absolute Gasteiger partial charge is 0.489 e. The van der Waals surface area contributed by atoms with Gasteiger partial charge >= 0.3 is 6.09 Å². The van der Waals surface area contributed by atoms with Crippen molar-refractivity contribution in [1.82, 2.24) is 14.6 Å². The van der Waals surface area contributed by atoms with Crippen molar-refractivity contribution in [1.29, 1.82) is 0 Å². The minimum absolute atomic E-state index is 0.286. The molecule has 170 valence electrons. The summed E-state index contributed by atoms with van der Waals surface area (Å²) in [4.78, 5) is 19.1. The van der Waals surface area contributed by atoms with Crippen LogP contribution in [0.25, 0.3) is 5.65 Å². The van der Waals surface area contributed by atoms with Crippen molar-refractivity contribution >= 4 is 34.8 Å². The van der Waals surface area contributed by atoms with Crippen LogP contribution in [0.15, 0.2) is 66.9 Å². The molecule has 1 amide bonds. The molecule has 33 heavy (non-hydrogen) atoms. The number of carbonyl (C=O) groups excluding carboxylic acids is 1. The van der Waals surface area contributed by atoms with E-state index in [0.717, 1.165) is 5.56 Å². The van der Waals surface area contributed by atoms with Gasteiger partial charge < -0.3 is 9.47 Å². The number of hydrogen-bond donors (Lipinski definition) is 0. The van der Waals surface area contributed by atoms with Gasteiger partial charge in [0.1, 0.15) is 23.1 Å². The first kappa shape index (κ1) is 22.6. The molecule has 0 atom stereocenters. The van der Waals surface area contributed by atoms with E-state index in [2.05, 4.69) is 10.1 Å². The minimum atomic E-state index is -0.692. The predicted octanol–water partition coefficient (Wildman–Crippen LogP) is 6.34. The van der Waals surface area contributed by atoms with E-state index in [-0.39, 0.29) is 5.15 Å². The Morgan fingerprint density at radius 2 is 1.76 bits per heavy atom. The van der Waals surface area contributed by atoms with Crippen LogP contribution in [0.5, 0.6) is 5.75 Å². The van der Waals surface area contributed by atoms with E-state index >= 15 is 0 Å². The molecule has 4 aromatic rings. The third-order valence-corrected chi connectivity index (χ3v) is 5.18. The van der Waals surface area contributed by atoms with Crippen LogP contribution in [-0.4, -0.2) is 26.3 Å². The van der Waals surface area contributed by atoms with Gasteiger partial charge in [-0.25, -0.2) is 14.7 Å². The van der Waals surface area contributed by atoms with E-state index in [0.29, 0.717) is 35.1 Å². The zero-order valence-corrected chi connectivity index (χ0v) is 19.7. The molecule has 0 fully saturated rings. The summed E-state index contributed by atoms with van der Waals surface area (Å²) in [5.41, 5.74) is 2.08. The lowest BCUT2D eigenvalue weighted by molar-refractivity contribution is 0.0597. The second-order valence-corrected chi connectivity index (χ2v) is 8.89. The average Bonchev–Trinajstić information content (AvgIpc) is 3.23. The Morgan fingerprint density at radius 3 is 2.42 bits per heavy atom. The van der Waals surface area contributed by atoms with Gasteiger partial charge in [0.05, 0.1) is 11.9 Å². The third kappa shape index (κ3) is 5.09. The maximum atomic E-state index is 13.4. The van der Waals surface area contributed by atoms with Crippen molar-refractivity contribution in [3.8, 4) is 5.75 Å². The van der Waals surface area contributed by atoms with E-state index in [4.69, 9.17) is 21.1 Å². The second-order valence-electron chi connectivity index (χ2n) is 8.54. The lowest BCUT2D eigenvalue weighted by atomic mass is 10.2. The van der Waals surface area contributed by atoms with Crippen LogP contribution in [0, 0.1) is 6.92 Å². The van der Waals surface area contributed by atoms with Crippen LogP contribution in [0.4, 0.5) is 16.3 Å². The van der Waals surface area contributed by atoms with Crippen molar-refractivity contribution in [3.63, 3.8) is 0 Å². The molecule has 0 saturated heterocycles. The van der Waals surface area contributed by atoms with Crippen molar-refractivity contribution in [2.45, 2.75) is 39.9 Å². The maximum absolute atomic E-state index is 13.4. The number of ether oxygens (including phenoxy) is 2. The molecule has 2 heterocycles. The fourth-order valence-electron chi connectivity index (χ4n) is 3.30. The van der Waals surface area contributed by atoms with Gasteiger partial charge in [0, 0.05) is 11.6 Å². The molecule has 0 N–H and O–H groups in total. The first-order chi connectivity index (χ1) is 15.7. The maximum Gasteiger partial charge on any atom is 0.420 e. The molecule has 2 aromatic carbocycles. The van der Waals surface area contributed by atoms with Gasteiger partial charge in [-0.15, -0.1) is 0 Å². The molecular formula is C25H25ClN4O3. The number of carbonyl (C=O) groups is 1. The minimum Gasteiger partial charge on any atom is -0.489 e. The lowest BCUT2D eigenvalue weighted by Gasteiger charge is -2.28. The van der Waals surface area contributed by atoms with E-state index in [1.54, 1.807) is 35.8 Å². The summed E-state index contributed by atoms with van der Waals surface area (Å²) in [5.74, 6) is 1.14. The Kier molecular flexibility index (Phi) is 6.24. The number of benzene rings is 2. The number of amides is 1. The molecular weight excluding hydrogens is 440 g/mol. The van der Waals surface area contributed by atoms with Gasteiger partial charge in [-0.3, -0.25) is 0 Å². The van der Waals surface area contributed by atoms with E-state index in [1.165, 1.54) is 4.90 Å². The molecule has 0 saturated carbocycles. The first-order valence-electron chi connectivity index (χ1n) is 10.5. The quantitative estimate of drug-likeness (QED) is 0.322. The highest BCUT2D eigenvalue weighted by Gasteiger charge is 2.29. The zero-order valence-electron chi connectivity index (χ0n) is 18.9. The van der Waals surface area contributed by atoms with Crippen LogP contribution in [-0.2, 0) is 11.3 Å². The van der Waals surface area contributed by atoms with E-state index in [1.807, 2.05) is 63.2 Å². The average molecular weight is 465 g/mol. The fraction of sp³-hybridized carbons (Fsp3) is 0.240. The van der Waals surface area contributed by atoms with Crippen LogP contribution in [0.1, 0.15) is 31.9 Å². The van der Waals surface area contributed by atoms with Crippen LogP contribution < -0.4 is 9.64 Å². The lowest BCUT2D eigenvalue weighted by Crippen LogP contribution is -2.35. The summed E-state index contributed by atoms with van der Waals surface area (Å²) < 4.78 is 13.2. The summed E-state index contributed by atoms with van der Waals surface area (Å²) in [5, 5.41) is 4.63. The summed E-state index contributed by atoms with van der Waals surface area (Å²) in [7, 11) is 0. The first-order valence-corrected chi connectivity index (χ1v) is 10.9. The van der Waals surface area contributed by atoms with Gasteiger partial charge in [-0.05, 0) is 57.5 Å². The number of hydrogen-bond acceptors (Lipinski definition) is 5. The van der Waals surface area contributed by atoms with Gasteiger partial charge in [-0.1, -0.05) is 41.9 Å². The molecule has 0 aliphatic heterocycles. The van der Waals surface area contributed by atoms with Gasteiger partial charge in [0.15, 0.2) is 11.5 Å². The number of aromatic nitrogens is 3. The SMILES string of the molecule is Cc1c(Cl)nc2ccnn2c1N(C(=O)OC(C)(C)C)c1ccc(OCc2ccccc2)cc1. The van der Waals surface area contributed by atoms with Gasteiger partial charge in [0.2, 0.25) is 0 Å². The molecule has 7 nitrogen and oxygen atoms in total. The number of fused-ring (bicyclic) bond motifs is 1. The molecule has 0 bridgehead atoms. The Balaban J connectivity index is 1.71. The Labute approximate surface area is 197 Å². The van der Waals surface area contributed by atoms with Crippen LogP contribution >= 0.6 is 11.6 Å². The molecule has 2 aromatic heterocycles. The Hall–Kier alpha value is -3.58. The standard InChI is InChI=1S/C25H25ClN4O3/c1-17-22(26)28-21-14-15-27-30(21)23(17)29(24(31)33-25(2,3)4)19-10-12-20(13-11-19)32-16-18-8-6-5-7-9-18/h5-15H,16H2,1-4H3. The number of anilines is 2. The molecule has 4 rings (SSSR count). The number of nitrogens with zero attached hydrogens (tertiary/aromatic N) is 4. The highest BCUT2D eigenvalue weighted by Crippen LogP contribution is 2.34. The van der Waals surface area contributed by atoms with Gasteiger partial charge in [0.25, 0.3) is 0 Å². The van der Waals surface area contributed by atoms with Crippen molar-refractivity contribution in [2.75, 3.05) is 4.90 Å². The Bertz CT molecular complexity index is 1260. The predicted molar refractivity (Wildman–Crippen MR) is 128 cm³/mol. The summed E-state index contributed by atoms with van der Waals surface area (Å²) >= 11 is 6.39. The topological polar surface area (TPSA) is 69.0 Å². The Morgan fingerprint density at radius 1 is 1.06 bits per heavy atom. The zero-order chi connectivity index (χ0) is 23.6. The molecule has 0 aliphatic rings. The van der Waals surface area contributed by atoms with E-state index < -0.39 is 11.7 Å². The highest BCUT2D eigenvalue weighted by molar-refractivity contribution is 6.30. The molecule has 0 spiro atoms. The molecule has 0 aliphatic carbocycles. The second kappa shape index (κ2) is 9.11. The van der Waals surface area contributed by atoms with Crippen molar-refractivity contribution < 1.29 is 14.3 Å². The number of halogens is 1. The van der Waals surface area contributed by atoms with E-state index in [9.17, 15) is 4.79 Å². The summed E-state index contributed by atoms with van der Waals surface area (Å²) in [6, 6.07) is 18.9. The van der Waals surface area contributed by atoms with Crippen molar-refractivity contribution in [3.05, 3.63) is 83.1 Å². The smallest absolute Gasteiger partial charge is 0.420 e. The molecule has 8 heteroatoms. The molecule has 0 unspecified atom stereocenters. The van der Waals surface area contributed by atoms with Crippen LogP contribution in [0.3, 0.4) is 0 Å². The summed E-state index contributed by atoms with van der Waals surface area (Å²) in [6.07, 6.45) is 1.05. The van der Waals surface area contributed by atoms with Crippen molar-refractivity contribution in [2.24, 2.45) is 0 Å². The monoisotopic (exact) mass is 464 g/mol. The number of rotatable bonds is 5. The fourth-order valence-corrected chi connectivity index (χ4v) is 3.47.